The Morgan fingerprint density at radius 1 is 1.29 bits per heavy atom. The Kier molecular flexibility index (Phi) is 2.38. The Balaban J connectivity index is 1.94. The van der Waals surface area contributed by atoms with E-state index in [1.54, 1.807) is 19.1 Å². The number of carbonyl (C=O) groups excluding carboxylic acids is 2. The van der Waals surface area contributed by atoms with Crippen LogP contribution in [-0.4, -0.2) is 22.0 Å². The zero-order valence-electron chi connectivity index (χ0n) is 11.2. The Morgan fingerprint density at radius 3 is 2.90 bits per heavy atom. The van der Waals surface area contributed by atoms with Crippen LogP contribution < -0.4 is 5.32 Å². The molecule has 4 rings (SSSR count). The highest BCUT2D eigenvalue weighted by molar-refractivity contribution is 6.07. The second-order valence-electron chi connectivity index (χ2n) is 5.09. The number of imide groups is 1. The van der Waals surface area contributed by atoms with Crippen molar-refractivity contribution in [2.75, 3.05) is 0 Å². The summed E-state index contributed by atoms with van der Waals surface area (Å²) in [5.74, 6) is -0.579. The monoisotopic (exact) mass is 285 g/mol. The van der Waals surface area contributed by atoms with Gasteiger partial charge in [-0.3, -0.25) is 14.9 Å². The van der Waals surface area contributed by atoms with Crippen molar-refractivity contribution in [1.82, 2.24) is 15.5 Å². The van der Waals surface area contributed by atoms with Crippen LogP contribution in [-0.2, 0) is 9.59 Å². The molecule has 2 aromatic heterocycles. The molecule has 0 unspecified atom stereocenters. The lowest BCUT2D eigenvalue weighted by atomic mass is 9.92. The minimum absolute atomic E-state index is 0.258. The van der Waals surface area contributed by atoms with Gasteiger partial charge in [-0.2, -0.15) is 0 Å². The number of oxazole rings is 1. The number of aromatic nitrogens is 2. The quantitative estimate of drug-likeness (QED) is 0.684. The number of rotatable bonds is 1. The molecular formula is C14H11N3O4. The third-order valence-corrected chi connectivity index (χ3v) is 3.70. The zero-order valence-corrected chi connectivity index (χ0v) is 11.2. The second-order valence-corrected chi connectivity index (χ2v) is 5.09. The normalized spacial score (nSPS) is 19.4. The molecule has 0 spiro atoms. The predicted octanol–water partition coefficient (Wildman–Crippen LogP) is 1.80. The van der Waals surface area contributed by atoms with Crippen LogP contribution in [0.15, 0.2) is 21.1 Å². The number of hydrogen-bond acceptors (Lipinski definition) is 6. The van der Waals surface area contributed by atoms with Crippen LogP contribution in [0.5, 0.6) is 0 Å². The van der Waals surface area contributed by atoms with Gasteiger partial charge in [0, 0.05) is 13.3 Å². The van der Waals surface area contributed by atoms with Crippen molar-refractivity contribution in [2.45, 2.75) is 25.7 Å². The van der Waals surface area contributed by atoms with Crippen LogP contribution in [0.2, 0.25) is 0 Å². The summed E-state index contributed by atoms with van der Waals surface area (Å²) in [6.07, 6.45) is 0.706. The summed E-state index contributed by atoms with van der Waals surface area (Å²) >= 11 is 0. The highest BCUT2D eigenvalue weighted by Gasteiger charge is 2.32. The SMILES string of the molecule is Cc1nc2c(ccc3onc([C@H]4CCC(=O)NC4=O)c32)o1. The first-order valence-corrected chi connectivity index (χ1v) is 6.62. The number of amides is 2. The van der Waals surface area contributed by atoms with Crippen molar-refractivity contribution in [1.29, 1.82) is 0 Å². The van der Waals surface area contributed by atoms with Crippen molar-refractivity contribution in [3.63, 3.8) is 0 Å². The fourth-order valence-corrected chi connectivity index (χ4v) is 2.75. The van der Waals surface area contributed by atoms with E-state index in [1.165, 1.54) is 0 Å². The van der Waals surface area contributed by atoms with E-state index in [1.807, 2.05) is 0 Å². The maximum atomic E-state index is 12.0. The molecule has 0 saturated carbocycles. The Labute approximate surface area is 118 Å². The van der Waals surface area contributed by atoms with Crippen molar-refractivity contribution in [2.24, 2.45) is 0 Å². The van der Waals surface area contributed by atoms with Gasteiger partial charge in [-0.15, -0.1) is 0 Å². The van der Waals surface area contributed by atoms with Crippen LogP contribution in [0.4, 0.5) is 0 Å². The summed E-state index contributed by atoms with van der Waals surface area (Å²) in [4.78, 5) is 27.6. The highest BCUT2D eigenvalue weighted by Crippen LogP contribution is 2.34. The number of hydrogen-bond donors (Lipinski definition) is 1. The van der Waals surface area contributed by atoms with Crippen LogP contribution >= 0.6 is 0 Å². The summed E-state index contributed by atoms with van der Waals surface area (Å²) in [6, 6.07) is 3.50. The van der Waals surface area contributed by atoms with Crippen LogP contribution in [0.25, 0.3) is 22.1 Å². The average Bonchev–Trinajstić information content (AvgIpc) is 3.00. The minimum atomic E-state index is -0.508. The number of fused-ring (bicyclic) bond motifs is 3. The lowest BCUT2D eigenvalue weighted by molar-refractivity contribution is -0.134. The Morgan fingerprint density at radius 2 is 2.10 bits per heavy atom. The van der Waals surface area contributed by atoms with E-state index < -0.39 is 5.92 Å². The standard InChI is InChI=1S/C14H11N3O4/c1-6-15-13-9(20-6)4-3-8-11(13)12(17-21-8)7-2-5-10(18)16-14(7)19/h3-4,7H,2,5H2,1H3,(H,16,18,19)/t7-/m1/s1. The minimum Gasteiger partial charge on any atom is -0.441 e. The molecule has 7 nitrogen and oxygen atoms in total. The zero-order chi connectivity index (χ0) is 14.6. The second kappa shape index (κ2) is 4.15. The van der Waals surface area contributed by atoms with Gasteiger partial charge in [0.25, 0.3) is 0 Å². The van der Waals surface area contributed by atoms with Crippen molar-refractivity contribution in [3.05, 3.63) is 23.7 Å². The van der Waals surface area contributed by atoms with Crippen molar-refractivity contribution in [3.8, 4) is 0 Å². The molecule has 7 heteroatoms. The third kappa shape index (κ3) is 1.74. The van der Waals surface area contributed by atoms with E-state index in [2.05, 4.69) is 15.5 Å². The molecule has 1 fully saturated rings. The molecule has 106 valence electrons. The molecular weight excluding hydrogens is 274 g/mol. The lowest BCUT2D eigenvalue weighted by Gasteiger charge is -2.18. The van der Waals surface area contributed by atoms with Gasteiger partial charge in [0.05, 0.1) is 11.3 Å². The van der Waals surface area contributed by atoms with Gasteiger partial charge in [-0.25, -0.2) is 4.98 Å². The van der Waals surface area contributed by atoms with E-state index in [9.17, 15) is 9.59 Å². The number of nitrogens with one attached hydrogen (secondary N) is 1. The van der Waals surface area contributed by atoms with Gasteiger partial charge in [-0.05, 0) is 18.6 Å². The van der Waals surface area contributed by atoms with Gasteiger partial charge >= 0.3 is 0 Å². The van der Waals surface area contributed by atoms with Gasteiger partial charge in [-0.1, -0.05) is 5.16 Å². The number of carbonyl (C=O) groups is 2. The molecule has 1 saturated heterocycles. The fraction of sp³-hybridized carbons (Fsp3) is 0.286. The molecule has 1 N–H and O–H groups in total. The van der Waals surface area contributed by atoms with Crippen LogP contribution in [0.1, 0.15) is 30.3 Å². The Bertz CT molecular complexity index is 892. The summed E-state index contributed by atoms with van der Waals surface area (Å²) in [6.45, 7) is 1.75. The molecule has 1 atom stereocenters. The lowest BCUT2D eigenvalue weighted by Crippen LogP contribution is -2.39. The van der Waals surface area contributed by atoms with Crippen molar-refractivity contribution < 1.29 is 18.5 Å². The number of piperidine rings is 1. The summed E-state index contributed by atoms with van der Waals surface area (Å²) in [7, 11) is 0. The molecule has 21 heavy (non-hydrogen) atoms. The largest absolute Gasteiger partial charge is 0.441 e. The fourth-order valence-electron chi connectivity index (χ4n) is 2.75. The van der Waals surface area contributed by atoms with Gasteiger partial charge in [0.1, 0.15) is 11.2 Å². The maximum absolute atomic E-state index is 12.0. The number of nitrogens with zero attached hydrogens (tertiary/aromatic N) is 2. The van der Waals surface area contributed by atoms with E-state index in [-0.39, 0.29) is 11.8 Å². The van der Waals surface area contributed by atoms with E-state index in [0.29, 0.717) is 46.5 Å². The molecule has 1 aliphatic rings. The first-order chi connectivity index (χ1) is 10.1. The molecule has 3 heterocycles. The van der Waals surface area contributed by atoms with Gasteiger partial charge < -0.3 is 8.94 Å². The smallest absolute Gasteiger partial charge is 0.235 e. The van der Waals surface area contributed by atoms with E-state index >= 15 is 0 Å². The summed E-state index contributed by atoms with van der Waals surface area (Å²) in [5.41, 5.74) is 2.31. The topological polar surface area (TPSA) is 98.2 Å². The number of aryl methyl sites for hydroxylation is 1. The van der Waals surface area contributed by atoms with Crippen molar-refractivity contribution >= 4 is 33.9 Å². The molecule has 0 radical (unpaired) electrons. The third-order valence-electron chi connectivity index (χ3n) is 3.70. The molecule has 0 aliphatic carbocycles. The number of benzene rings is 1. The van der Waals surface area contributed by atoms with Crippen LogP contribution in [0.3, 0.4) is 0 Å². The summed E-state index contributed by atoms with van der Waals surface area (Å²) < 4.78 is 10.8. The molecule has 1 aliphatic heterocycles. The van der Waals surface area contributed by atoms with E-state index in [0.717, 1.165) is 0 Å². The van der Waals surface area contributed by atoms with E-state index in [4.69, 9.17) is 8.94 Å². The van der Waals surface area contributed by atoms with Gasteiger partial charge in [0.15, 0.2) is 17.1 Å². The molecule has 1 aromatic carbocycles. The van der Waals surface area contributed by atoms with Crippen LogP contribution in [0, 0.1) is 6.92 Å². The first kappa shape index (κ1) is 12.1. The van der Waals surface area contributed by atoms with Gasteiger partial charge in [0.2, 0.25) is 11.8 Å². The molecule has 3 aromatic rings. The first-order valence-electron chi connectivity index (χ1n) is 6.62. The summed E-state index contributed by atoms with van der Waals surface area (Å²) in [5, 5.41) is 7.04. The average molecular weight is 285 g/mol. The predicted molar refractivity (Wildman–Crippen MR) is 71.4 cm³/mol. The highest BCUT2D eigenvalue weighted by atomic mass is 16.5. The maximum Gasteiger partial charge on any atom is 0.235 e. The Hall–Kier alpha value is -2.70. The molecule has 0 bridgehead atoms. The molecule has 2 amide bonds.